The topological polar surface area (TPSA) is 80.7 Å². The molecule has 3 aromatic rings. The first-order valence-electron chi connectivity index (χ1n) is 9.27. The molecular weight excluding hydrogens is 376 g/mol. The lowest BCUT2D eigenvalue weighted by atomic mass is 10.1. The molecule has 1 unspecified atom stereocenters. The minimum atomic E-state index is -1.59. The zero-order chi connectivity index (χ0) is 19.8. The Bertz CT molecular complexity index is 931. The monoisotopic (exact) mass is 400 g/mol. The molecule has 0 bridgehead atoms. The van der Waals surface area contributed by atoms with Crippen LogP contribution in [0, 0.1) is 0 Å². The third-order valence-corrected chi connectivity index (χ3v) is 4.96. The lowest BCUT2D eigenvalue weighted by Crippen LogP contribution is -2.09. The number of fused-ring (bicyclic) bond motifs is 1. The van der Waals surface area contributed by atoms with Crippen LogP contribution >= 0.6 is 0 Å². The van der Waals surface area contributed by atoms with Gasteiger partial charge in [-0.1, -0.05) is 44.0 Å². The first kappa shape index (κ1) is 20.3. The molecule has 0 aliphatic rings. The molecule has 0 fully saturated rings. The standard InChI is InChI=1S/C21H24N2O4S/c1-2-3-4-12-26-28(25)23-18-9-11-21(22-14-18)27-20-7-5-6-17-13-16(15-24)8-10-19(17)20/h5-11,13-14,23-24H,2-4,12,15H2,1H3. The van der Waals surface area contributed by atoms with E-state index >= 15 is 0 Å². The maximum atomic E-state index is 11.9. The number of aliphatic hydroxyl groups excluding tert-OH is 1. The number of pyridine rings is 1. The van der Waals surface area contributed by atoms with E-state index in [-0.39, 0.29) is 6.61 Å². The van der Waals surface area contributed by atoms with E-state index < -0.39 is 11.3 Å². The van der Waals surface area contributed by atoms with Crippen molar-refractivity contribution < 1.29 is 18.2 Å². The number of aromatic nitrogens is 1. The zero-order valence-corrected chi connectivity index (χ0v) is 16.6. The van der Waals surface area contributed by atoms with Crippen LogP contribution in [-0.2, 0) is 22.1 Å². The van der Waals surface area contributed by atoms with E-state index in [4.69, 9.17) is 8.92 Å². The Hall–Kier alpha value is -2.48. The second kappa shape index (κ2) is 10.2. The highest BCUT2D eigenvalue weighted by atomic mass is 32.2. The van der Waals surface area contributed by atoms with Crippen molar-refractivity contribution in [2.45, 2.75) is 32.8 Å². The summed E-state index contributed by atoms with van der Waals surface area (Å²) in [6, 6.07) is 14.9. The summed E-state index contributed by atoms with van der Waals surface area (Å²) in [6.45, 7) is 2.57. The minimum absolute atomic E-state index is 0.000726. The normalized spacial score (nSPS) is 12.1. The van der Waals surface area contributed by atoms with E-state index in [1.165, 1.54) is 0 Å². The van der Waals surface area contributed by atoms with Gasteiger partial charge in [-0.15, -0.1) is 0 Å². The second-order valence-electron chi connectivity index (χ2n) is 6.32. The first-order valence-corrected chi connectivity index (χ1v) is 10.3. The maximum Gasteiger partial charge on any atom is 0.261 e. The second-order valence-corrected chi connectivity index (χ2v) is 7.23. The van der Waals surface area contributed by atoms with E-state index in [9.17, 15) is 9.32 Å². The van der Waals surface area contributed by atoms with Gasteiger partial charge in [-0.3, -0.25) is 8.91 Å². The molecule has 0 aliphatic heterocycles. The number of rotatable bonds is 10. The molecule has 1 atom stereocenters. The average molecular weight is 401 g/mol. The Balaban J connectivity index is 1.63. The Labute approximate surface area is 167 Å². The summed E-state index contributed by atoms with van der Waals surface area (Å²) in [7, 11) is 0. The van der Waals surface area contributed by atoms with Crippen molar-refractivity contribution in [1.82, 2.24) is 4.98 Å². The van der Waals surface area contributed by atoms with E-state index in [0.29, 0.717) is 23.9 Å². The molecule has 0 saturated carbocycles. The van der Waals surface area contributed by atoms with E-state index in [0.717, 1.165) is 35.6 Å². The van der Waals surface area contributed by atoms with Gasteiger partial charge in [-0.2, -0.15) is 0 Å². The van der Waals surface area contributed by atoms with Crippen LogP contribution in [0.2, 0.25) is 0 Å². The van der Waals surface area contributed by atoms with Gasteiger partial charge in [0.05, 0.1) is 25.1 Å². The molecular formula is C21H24N2O4S. The molecule has 6 nitrogen and oxygen atoms in total. The van der Waals surface area contributed by atoms with Crippen LogP contribution < -0.4 is 9.46 Å². The van der Waals surface area contributed by atoms with Crippen molar-refractivity contribution in [2.24, 2.45) is 0 Å². The molecule has 7 heteroatoms. The summed E-state index contributed by atoms with van der Waals surface area (Å²) in [5.74, 6) is 1.11. The summed E-state index contributed by atoms with van der Waals surface area (Å²) in [6.07, 6.45) is 4.59. The fourth-order valence-corrected chi connectivity index (χ4v) is 3.36. The van der Waals surface area contributed by atoms with Crippen LogP contribution in [0.1, 0.15) is 31.7 Å². The van der Waals surface area contributed by atoms with Gasteiger partial charge in [0.2, 0.25) is 5.88 Å². The Morgan fingerprint density at radius 2 is 2.04 bits per heavy atom. The SMILES string of the molecule is CCCCCOS(=O)Nc1ccc(Oc2cccc3cc(CO)ccc23)nc1. The molecule has 148 valence electrons. The molecule has 3 rings (SSSR count). The van der Waals surface area contributed by atoms with Crippen molar-refractivity contribution in [1.29, 1.82) is 0 Å². The van der Waals surface area contributed by atoms with Gasteiger partial charge in [0.25, 0.3) is 11.3 Å². The highest BCUT2D eigenvalue weighted by Crippen LogP contribution is 2.30. The minimum Gasteiger partial charge on any atom is -0.438 e. The van der Waals surface area contributed by atoms with Gasteiger partial charge in [-0.05, 0) is 35.6 Å². The molecule has 0 spiro atoms. The summed E-state index contributed by atoms with van der Waals surface area (Å²) in [5, 5.41) is 11.2. The number of aliphatic hydroxyl groups is 1. The van der Waals surface area contributed by atoms with Crippen molar-refractivity contribution in [2.75, 3.05) is 11.3 Å². The van der Waals surface area contributed by atoms with Crippen LogP contribution in [0.5, 0.6) is 11.6 Å². The third-order valence-electron chi connectivity index (χ3n) is 4.18. The molecule has 0 aliphatic carbocycles. The quantitative estimate of drug-likeness (QED) is 0.482. The largest absolute Gasteiger partial charge is 0.438 e. The molecule has 2 aromatic carbocycles. The van der Waals surface area contributed by atoms with Crippen LogP contribution in [0.25, 0.3) is 10.8 Å². The molecule has 2 N–H and O–H groups in total. The van der Waals surface area contributed by atoms with Gasteiger partial charge < -0.3 is 9.84 Å². The predicted molar refractivity (Wildman–Crippen MR) is 111 cm³/mol. The number of benzene rings is 2. The number of nitrogens with one attached hydrogen (secondary N) is 1. The van der Waals surface area contributed by atoms with Crippen molar-refractivity contribution in [3.63, 3.8) is 0 Å². The van der Waals surface area contributed by atoms with Gasteiger partial charge in [0.15, 0.2) is 0 Å². The smallest absolute Gasteiger partial charge is 0.261 e. The van der Waals surface area contributed by atoms with Gasteiger partial charge in [0, 0.05) is 11.5 Å². The molecule has 1 aromatic heterocycles. The third kappa shape index (κ3) is 5.51. The Morgan fingerprint density at radius 3 is 2.79 bits per heavy atom. The number of hydrogen-bond donors (Lipinski definition) is 2. The fraction of sp³-hybridized carbons (Fsp3) is 0.286. The van der Waals surface area contributed by atoms with E-state index in [1.54, 1.807) is 18.3 Å². The highest BCUT2D eigenvalue weighted by molar-refractivity contribution is 7.81. The lowest BCUT2D eigenvalue weighted by molar-refractivity contribution is 0.282. The van der Waals surface area contributed by atoms with Crippen molar-refractivity contribution in [3.05, 3.63) is 60.3 Å². The van der Waals surface area contributed by atoms with Gasteiger partial charge in [-0.25, -0.2) is 9.19 Å². The first-order chi connectivity index (χ1) is 13.7. The molecule has 28 heavy (non-hydrogen) atoms. The van der Waals surface area contributed by atoms with Gasteiger partial charge in [0.1, 0.15) is 5.75 Å². The predicted octanol–water partition coefficient (Wildman–Crippen LogP) is 4.72. The summed E-state index contributed by atoms with van der Waals surface area (Å²) in [4.78, 5) is 4.26. The number of ether oxygens (including phenoxy) is 1. The van der Waals surface area contributed by atoms with Crippen LogP contribution in [0.3, 0.4) is 0 Å². The molecule has 0 amide bonds. The Morgan fingerprint density at radius 1 is 1.14 bits per heavy atom. The zero-order valence-electron chi connectivity index (χ0n) is 15.8. The summed E-state index contributed by atoms with van der Waals surface area (Å²) in [5.41, 5.74) is 1.44. The fourth-order valence-electron chi connectivity index (χ4n) is 2.72. The van der Waals surface area contributed by atoms with Crippen LogP contribution in [0.4, 0.5) is 5.69 Å². The molecule has 1 heterocycles. The van der Waals surface area contributed by atoms with E-state index in [1.807, 2.05) is 36.4 Å². The summed E-state index contributed by atoms with van der Waals surface area (Å²) >= 11 is -1.59. The highest BCUT2D eigenvalue weighted by Gasteiger charge is 2.07. The average Bonchev–Trinajstić information content (AvgIpc) is 2.72. The van der Waals surface area contributed by atoms with Crippen LogP contribution in [0.15, 0.2) is 54.7 Å². The van der Waals surface area contributed by atoms with E-state index in [2.05, 4.69) is 16.6 Å². The van der Waals surface area contributed by atoms with Gasteiger partial charge >= 0.3 is 0 Å². The van der Waals surface area contributed by atoms with Crippen LogP contribution in [-0.4, -0.2) is 20.9 Å². The number of anilines is 1. The maximum absolute atomic E-state index is 11.9. The molecule has 0 saturated heterocycles. The Kier molecular flexibility index (Phi) is 7.36. The number of unbranched alkanes of at least 4 members (excludes halogenated alkanes) is 2. The number of nitrogens with zero attached hydrogens (tertiary/aromatic N) is 1. The van der Waals surface area contributed by atoms with Crippen molar-refractivity contribution in [3.8, 4) is 11.6 Å². The number of hydrogen-bond acceptors (Lipinski definition) is 5. The van der Waals surface area contributed by atoms with Crippen molar-refractivity contribution >= 4 is 27.7 Å². The summed E-state index contributed by atoms with van der Waals surface area (Å²) < 4.78 is 25.7. The molecule has 0 radical (unpaired) electrons. The lowest BCUT2D eigenvalue weighted by Gasteiger charge is -2.10.